The molecule has 0 fully saturated rings. The average molecular weight is 364 g/mol. The number of aryl methyl sites for hydroxylation is 1. The lowest BCUT2D eigenvalue weighted by atomic mass is 10.0. The first kappa shape index (κ1) is 16.7. The Morgan fingerprint density at radius 2 is 1.62 bits per heavy atom. The smallest absolute Gasteiger partial charge is 0.205 e. The van der Waals surface area contributed by atoms with E-state index in [9.17, 15) is 4.79 Å². The molecule has 1 unspecified atom stereocenters. The van der Waals surface area contributed by atoms with Crippen molar-refractivity contribution in [1.29, 1.82) is 0 Å². The number of hydrogen-bond acceptors (Lipinski definition) is 2. The van der Waals surface area contributed by atoms with Crippen molar-refractivity contribution in [2.45, 2.75) is 20.0 Å². The van der Waals surface area contributed by atoms with Crippen LogP contribution >= 0.6 is 11.6 Å². The van der Waals surface area contributed by atoms with Crippen molar-refractivity contribution in [3.63, 3.8) is 0 Å². The van der Waals surface area contributed by atoms with E-state index in [4.69, 9.17) is 16.3 Å². The zero-order valence-electron chi connectivity index (χ0n) is 14.5. The largest absolute Gasteiger partial charge is 0.482 e. The van der Waals surface area contributed by atoms with Crippen LogP contribution in [0.3, 0.4) is 0 Å². The monoisotopic (exact) mass is 363 g/mol. The molecular formula is C22H18ClNO2. The average Bonchev–Trinajstić information content (AvgIpc) is 2.99. The van der Waals surface area contributed by atoms with Crippen LogP contribution in [0.25, 0.3) is 21.7 Å². The second-order valence-corrected chi connectivity index (χ2v) is 6.79. The van der Waals surface area contributed by atoms with E-state index >= 15 is 0 Å². The van der Waals surface area contributed by atoms with Crippen LogP contribution in [0.4, 0.5) is 0 Å². The molecule has 1 aromatic heterocycles. The van der Waals surface area contributed by atoms with E-state index in [-0.39, 0.29) is 5.78 Å². The number of H-pyrrole nitrogens is 1. The molecule has 0 radical (unpaired) electrons. The third-order valence-electron chi connectivity index (χ3n) is 4.64. The highest BCUT2D eigenvalue weighted by Gasteiger charge is 2.23. The number of rotatable bonds is 4. The van der Waals surface area contributed by atoms with Gasteiger partial charge in [-0.3, -0.25) is 4.79 Å². The molecule has 4 rings (SSSR count). The molecule has 0 aliphatic rings. The number of fused-ring (bicyclic) bond motifs is 2. The van der Waals surface area contributed by atoms with Gasteiger partial charge in [-0.2, -0.15) is 0 Å². The summed E-state index contributed by atoms with van der Waals surface area (Å²) in [5, 5.41) is 3.40. The summed E-state index contributed by atoms with van der Waals surface area (Å²) in [6.07, 6.45) is -0.613. The molecule has 0 amide bonds. The van der Waals surface area contributed by atoms with Crippen LogP contribution in [0.2, 0.25) is 5.02 Å². The second-order valence-electron chi connectivity index (χ2n) is 6.39. The lowest BCUT2D eigenvalue weighted by Crippen LogP contribution is -2.24. The topological polar surface area (TPSA) is 42.1 Å². The Morgan fingerprint density at radius 3 is 2.38 bits per heavy atom. The van der Waals surface area contributed by atoms with Crippen molar-refractivity contribution in [1.82, 2.24) is 4.98 Å². The number of nitrogens with one attached hydrogen (secondary N) is 1. The van der Waals surface area contributed by atoms with Crippen molar-refractivity contribution >= 4 is 39.1 Å². The molecule has 130 valence electrons. The molecule has 3 nitrogen and oxygen atoms in total. The van der Waals surface area contributed by atoms with Gasteiger partial charge in [-0.15, -0.1) is 0 Å². The molecular weight excluding hydrogens is 346 g/mol. The number of carbonyl (C=O) groups is 1. The molecule has 1 heterocycles. The fourth-order valence-electron chi connectivity index (χ4n) is 3.38. The number of carbonyl (C=O) groups excluding carboxylic acids is 1. The summed E-state index contributed by atoms with van der Waals surface area (Å²) in [5.74, 6) is 0.613. The van der Waals surface area contributed by atoms with E-state index in [0.29, 0.717) is 16.3 Å². The summed E-state index contributed by atoms with van der Waals surface area (Å²) < 4.78 is 6.05. The maximum absolute atomic E-state index is 13.1. The van der Waals surface area contributed by atoms with Gasteiger partial charge < -0.3 is 9.72 Å². The molecule has 3 aromatic carbocycles. The molecule has 0 bridgehead atoms. The van der Waals surface area contributed by atoms with Crippen molar-refractivity contribution in [3.8, 4) is 5.75 Å². The van der Waals surface area contributed by atoms with Crippen molar-refractivity contribution < 1.29 is 9.53 Å². The number of halogens is 1. The SMILES string of the molecule is Cc1[nH]c2ccccc2c1C(=O)C(C)Oc1ccc(Cl)c2ccccc12. The van der Waals surface area contributed by atoms with Crippen molar-refractivity contribution in [3.05, 3.63) is 76.9 Å². The minimum atomic E-state index is -0.613. The number of para-hydroxylation sites is 1. The van der Waals surface area contributed by atoms with Crippen LogP contribution in [0.15, 0.2) is 60.7 Å². The lowest BCUT2D eigenvalue weighted by Gasteiger charge is -2.16. The van der Waals surface area contributed by atoms with Crippen LogP contribution in [0, 0.1) is 6.92 Å². The van der Waals surface area contributed by atoms with Gasteiger partial charge in [-0.25, -0.2) is 0 Å². The zero-order chi connectivity index (χ0) is 18.3. The first-order valence-corrected chi connectivity index (χ1v) is 8.89. The highest BCUT2D eigenvalue weighted by atomic mass is 35.5. The van der Waals surface area contributed by atoms with Gasteiger partial charge in [0.2, 0.25) is 5.78 Å². The summed E-state index contributed by atoms with van der Waals surface area (Å²) in [6.45, 7) is 3.70. The van der Waals surface area contributed by atoms with E-state index in [1.807, 2.05) is 61.5 Å². The van der Waals surface area contributed by atoms with Gasteiger partial charge >= 0.3 is 0 Å². The van der Waals surface area contributed by atoms with Crippen LogP contribution in [-0.4, -0.2) is 16.9 Å². The number of ether oxygens (including phenoxy) is 1. The normalized spacial score (nSPS) is 12.4. The Kier molecular flexibility index (Phi) is 4.17. The van der Waals surface area contributed by atoms with Crippen LogP contribution in [-0.2, 0) is 0 Å². The molecule has 26 heavy (non-hydrogen) atoms. The minimum Gasteiger partial charge on any atom is -0.482 e. The molecule has 4 heteroatoms. The summed E-state index contributed by atoms with van der Waals surface area (Å²) >= 11 is 6.27. The lowest BCUT2D eigenvalue weighted by molar-refractivity contribution is 0.0821. The molecule has 0 aliphatic carbocycles. The minimum absolute atomic E-state index is 0.0426. The Labute approximate surface area is 156 Å². The Hall–Kier alpha value is -2.78. The van der Waals surface area contributed by atoms with Crippen LogP contribution in [0.1, 0.15) is 23.0 Å². The standard InChI is InChI=1S/C22H18ClNO2/c1-13-21(17-9-5-6-10-19(17)24-13)22(25)14(2)26-20-12-11-18(23)15-7-3-4-8-16(15)20/h3-12,14,24H,1-2H3. The van der Waals surface area contributed by atoms with Crippen molar-refractivity contribution in [2.75, 3.05) is 0 Å². The highest BCUT2D eigenvalue weighted by Crippen LogP contribution is 2.32. The fraction of sp³-hybridized carbons (Fsp3) is 0.136. The predicted molar refractivity (Wildman–Crippen MR) is 106 cm³/mol. The molecule has 4 aromatic rings. The zero-order valence-corrected chi connectivity index (χ0v) is 15.3. The molecule has 0 saturated carbocycles. The van der Waals surface area contributed by atoms with Gasteiger partial charge in [0.05, 0.1) is 0 Å². The van der Waals surface area contributed by atoms with Gasteiger partial charge in [-0.05, 0) is 32.0 Å². The van der Waals surface area contributed by atoms with Gasteiger partial charge in [0, 0.05) is 38.0 Å². The van der Waals surface area contributed by atoms with Gasteiger partial charge in [0.25, 0.3) is 0 Å². The summed E-state index contributed by atoms with van der Waals surface area (Å²) in [4.78, 5) is 16.3. The number of aromatic nitrogens is 1. The number of ketones is 1. The third-order valence-corrected chi connectivity index (χ3v) is 4.97. The highest BCUT2D eigenvalue weighted by molar-refractivity contribution is 6.35. The number of hydrogen-bond donors (Lipinski definition) is 1. The predicted octanol–water partition coefficient (Wildman–Crippen LogP) is 5.93. The van der Waals surface area contributed by atoms with Crippen molar-refractivity contribution in [2.24, 2.45) is 0 Å². The number of benzene rings is 3. The van der Waals surface area contributed by atoms with E-state index in [1.165, 1.54) is 0 Å². The van der Waals surface area contributed by atoms with E-state index in [1.54, 1.807) is 13.0 Å². The third kappa shape index (κ3) is 2.74. The maximum Gasteiger partial charge on any atom is 0.205 e. The Morgan fingerprint density at radius 1 is 0.962 bits per heavy atom. The summed E-state index contributed by atoms with van der Waals surface area (Å²) in [5.41, 5.74) is 2.50. The Bertz CT molecular complexity index is 1130. The van der Waals surface area contributed by atoms with Gasteiger partial charge in [-0.1, -0.05) is 54.1 Å². The molecule has 0 saturated heterocycles. The summed E-state index contributed by atoms with van der Waals surface area (Å²) in [6, 6.07) is 19.2. The van der Waals surface area contributed by atoms with E-state index < -0.39 is 6.10 Å². The van der Waals surface area contributed by atoms with E-state index in [2.05, 4.69) is 4.98 Å². The Balaban J connectivity index is 1.70. The quantitative estimate of drug-likeness (QED) is 0.456. The maximum atomic E-state index is 13.1. The summed E-state index contributed by atoms with van der Waals surface area (Å²) in [7, 11) is 0. The van der Waals surface area contributed by atoms with Crippen LogP contribution in [0.5, 0.6) is 5.75 Å². The molecule has 1 N–H and O–H groups in total. The number of aromatic amines is 1. The second kappa shape index (κ2) is 6.50. The first-order valence-electron chi connectivity index (χ1n) is 8.51. The van der Waals surface area contributed by atoms with Gasteiger partial charge in [0.1, 0.15) is 5.75 Å². The fourth-order valence-corrected chi connectivity index (χ4v) is 3.61. The van der Waals surface area contributed by atoms with E-state index in [0.717, 1.165) is 27.4 Å². The molecule has 0 aliphatic heterocycles. The van der Waals surface area contributed by atoms with Gasteiger partial charge in [0.15, 0.2) is 6.10 Å². The first-order chi connectivity index (χ1) is 12.6. The molecule has 1 atom stereocenters. The molecule has 0 spiro atoms. The number of Topliss-reactive ketones (excluding diaryl/α,β-unsaturated/α-hetero) is 1. The van der Waals surface area contributed by atoms with Crippen LogP contribution < -0.4 is 4.74 Å².